The summed E-state index contributed by atoms with van der Waals surface area (Å²) in [5.41, 5.74) is 6.89. The van der Waals surface area contributed by atoms with E-state index in [4.69, 9.17) is 20.3 Å². The van der Waals surface area contributed by atoms with Crippen LogP contribution in [-0.4, -0.2) is 68.9 Å². The number of likely N-dealkylation sites (N-methyl/N-ethyl adjacent to an activating group) is 1. The number of ether oxygens (including phenoxy) is 2. The van der Waals surface area contributed by atoms with Crippen LogP contribution in [0.5, 0.6) is 5.75 Å². The SMILES string of the molecule is CNC(=O)C1=CC(Oc2ccc(-c3nn([C@@H]4CCN(C(=O)OC(C)(C)C)C4)c4ncnc(N)c34)c(F)c2)=CCN1. The maximum Gasteiger partial charge on any atom is 0.410 e. The zero-order valence-electron chi connectivity index (χ0n) is 22.7. The second-order valence-corrected chi connectivity index (χ2v) is 10.5. The summed E-state index contributed by atoms with van der Waals surface area (Å²) >= 11 is 0. The van der Waals surface area contributed by atoms with E-state index in [0.29, 0.717) is 48.5 Å². The first-order valence-corrected chi connectivity index (χ1v) is 12.9. The molecule has 0 spiro atoms. The third kappa shape index (κ3) is 5.40. The Labute approximate surface area is 230 Å². The van der Waals surface area contributed by atoms with E-state index in [2.05, 4.69) is 20.6 Å². The minimum absolute atomic E-state index is 0.166. The number of allylic oxidation sites excluding steroid dienone is 1. The fourth-order valence-corrected chi connectivity index (χ4v) is 4.63. The predicted molar refractivity (Wildman–Crippen MR) is 145 cm³/mol. The first-order valence-electron chi connectivity index (χ1n) is 12.9. The van der Waals surface area contributed by atoms with E-state index in [9.17, 15) is 9.59 Å². The van der Waals surface area contributed by atoms with Crippen molar-refractivity contribution >= 4 is 28.9 Å². The monoisotopic (exact) mass is 550 g/mol. The van der Waals surface area contributed by atoms with Crippen molar-refractivity contribution in [2.75, 3.05) is 32.4 Å². The maximum absolute atomic E-state index is 15.5. The summed E-state index contributed by atoms with van der Waals surface area (Å²) in [6.45, 7) is 6.69. The fourth-order valence-electron chi connectivity index (χ4n) is 4.63. The number of aromatic nitrogens is 4. The number of nitrogens with one attached hydrogen (secondary N) is 2. The molecule has 1 atom stereocenters. The number of fused-ring (bicyclic) bond motifs is 1. The van der Waals surface area contributed by atoms with Crippen LogP contribution in [0.4, 0.5) is 15.0 Å². The maximum atomic E-state index is 15.5. The molecule has 0 bridgehead atoms. The van der Waals surface area contributed by atoms with Gasteiger partial charge >= 0.3 is 6.09 Å². The second kappa shape index (κ2) is 10.5. The predicted octanol–water partition coefficient (Wildman–Crippen LogP) is 2.89. The van der Waals surface area contributed by atoms with Gasteiger partial charge in [0.2, 0.25) is 0 Å². The average Bonchev–Trinajstić information content (AvgIpc) is 3.54. The molecule has 2 amide bonds. The molecule has 0 unspecified atom stereocenters. The zero-order valence-corrected chi connectivity index (χ0v) is 22.7. The number of carbonyl (C=O) groups is 2. The van der Waals surface area contributed by atoms with Crippen LogP contribution in [0, 0.1) is 5.82 Å². The highest BCUT2D eigenvalue weighted by Crippen LogP contribution is 2.36. The molecule has 40 heavy (non-hydrogen) atoms. The molecule has 0 saturated carbocycles. The van der Waals surface area contributed by atoms with E-state index in [-0.39, 0.29) is 34.8 Å². The van der Waals surface area contributed by atoms with Crippen molar-refractivity contribution < 1.29 is 23.5 Å². The molecule has 13 heteroatoms. The smallest absolute Gasteiger partial charge is 0.410 e. The molecule has 0 aliphatic carbocycles. The molecule has 4 heterocycles. The molecule has 3 aromatic rings. The molecule has 0 radical (unpaired) electrons. The highest BCUT2D eigenvalue weighted by Gasteiger charge is 2.33. The van der Waals surface area contributed by atoms with Crippen LogP contribution < -0.4 is 21.1 Å². The Hall–Kier alpha value is -4.68. The highest BCUT2D eigenvalue weighted by atomic mass is 19.1. The van der Waals surface area contributed by atoms with Crippen molar-refractivity contribution in [2.24, 2.45) is 0 Å². The van der Waals surface area contributed by atoms with Crippen LogP contribution >= 0.6 is 0 Å². The summed E-state index contributed by atoms with van der Waals surface area (Å²) in [5.74, 6) is -0.0420. The van der Waals surface area contributed by atoms with Gasteiger partial charge in [-0.05, 0) is 45.4 Å². The minimum Gasteiger partial charge on any atom is -0.457 e. The first-order chi connectivity index (χ1) is 19.0. The van der Waals surface area contributed by atoms with Gasteiger partial charge in [-0.3, -0.25) is 4.79 Å². The van der Waals surface area contributed by atoms with Crippen molar-refractivity contribution in [3.63, 3.8) is 0 Å². The average molecular weight is 551 g/mol. The van der Waals surface area contributed by atoms with Crippen molar-refractivity contribution in [2.45, 2.75) is 38.8 Å². The normalized spacial score (nSPS) is 17.2. The zero-order chi connectivity index (χ0) is 28.6. The van der Waals surface area contributed by atoms with Gasteiger partial charge in [-0.2, -0.15) is 5.10 Å². The molecule has 1 saturated heterocycles. The van der Waals surface area contributed by atoms with E-state index in [0.717, 1.165) is 0 Å². The molecule has 5 rings (SSSR count). The van der Waals surface area contributed by atoms with Crippen LogP contribution in [0.3, 0.4) is 0 Å². The Morgan fingerprint density at radius 3 is 2.77 bits per heavy atom. The van der Waals surface area contributed by atoms with Gasteiger partial charge in [0.05, 0.1) is 11.4 Å². The Morgan fingerprint density at radius 2 is 2.05 bits per heavy atom. The van der Waals surface area contributed by atoms with Crippen LogP contribution in [-0.2, 0) is 9.53 Å². The largest absolute Gasteiger partial charge is 0.457 e. The summed E-state index contributed by atoms with van der Waals surface area (Å²) in [6.07, 6.45) is 4.84. The Bertz CT molecular complexity index is 1540. The van der Waals surface area contributed by atoms with Crippen molar-refractivity contribution in [3.05, 3.63) is 54.0 Å². The lowest BCUT2D eigenvalue weighted by Crippen LogP contribution is -2.35. The number of nitrogens with two attached hydrogens (primary N) is 1. The van der Waals surface area contributed by atoms with Crippen LogP contribution in [0.25, 0.3) is 22.3 Å². The number of rotatable bonds is 5. The molecule has 1 aromatic carbocycles. The van der Waals surface area contributed by atoms with Crippen LogP contribution in [0.1, 0.15) is 33.2 Å². The third-order valence-corrected chi connectivity index (χ3v) is 6.46. The van der Waals surface area contributed by atoms with E-state index in [1.54, 1.807) is 33.9 Å². The number of halogens is 1. The molecular formula is C27H31FN8O4. The summed E-state index contributed by atoms with van der Waals surface area (Å²) in [4.78, 5) is 34.6. The van der Waals surface area contributed by atoms with E-state index >= 15 is 4.39 Å². The first kappa shape index (κ1) is 26.9. The third-order valence-electron chi connectivity index (χ3n) is 6.46. The number of dihydropyridines is 1. The number of amides is 2. The van der Waals surface area contributed by atoms with Gasteiger partial charge in [-0.25, -0.2) is 23.8 Å². The Morgan fingerprint density at radius 1 is 1.25 bits per heavy atom. The van der Waals surface area contributed by atoms with Crippen molar-refractivity contribution in [3.8, 4) is 17.0 Å². The van der Waals surface area contributed by atoms with Crippen LogP contribution in [0.15, 0.2) is 48.1 Å². The van der Waals surface area contributed by atoms with Gasteiger partial charge in [-0.1, -0.05) is 0 Å². The molecular weight excluding hydrogens is 519 g/mol. The van der Waals surface area contributed by atoms with Gasteiger partial charge in [0.25, 0.3) is 5.91 Å². The number of likely N-dealkylation sites (tertiary alicyclic amines) is 1. The van der Waals surface area contributed by atoms with Gasteiger partial charge in [0.15, 0.2) is 5.65 Å². The summed E-state index contributed by atoms with van der Waals surface area (Å²) in [5, 5.41) is 10.6. The molecule has 4 N–H and O–H groups in total. The van der Waals surface area contributed by atoms with Gasteiger partial charge in [0.1, 0.15) is 46.5 Å². The molecule has 12 nitrogen and oxygen atoms in total. The lowest BCUT2D eigenvalue weighted by molar-refractivity contribution is -0.117. The summed E-state index contributed by atoms with van der Waals surface area (Å²) < 4.78 is 28.5. The van der Waals surface area contributed by atoms with Crippen molar-refractivity contribution in [1.29, 1.82) is 0 Å². The van der Waals surface area contributed by atoms with Gasteiger partial charge < -0.3 is 30.7 Å². The quantitative estimate of drug-likeness (QED) is 0.436. The van der Waals surface area contributed by atoms with Gasteiger partial charge in [-0.15, -0.1) is 0 Å². The Kier molecular flexibility index (Phi) is 7.04. The topological polar surface area (TPSA) is 150 Å². The number of benzene rings is 1. The van der Waals surface area contributed by atoms with Crippen molar-refractivity contribution in [1.82, 2.24) is 35.3 Å². The number of anilines is 1. The minimum atomic E-state index is -0.608. The Balaban J connectivity index is 1.43. The molecule has 210 valence electrons. The standard InChI is InChI=1S/C27H31FN8O4/c1-27(2,3)40-26(38)35-10-8-15(13-35)36-24-21(23(29)32-14-33-24)22(34-36)18-6-5-16(11-19(18)28)39-17-7-9-31-20(12-17)25(37)30-4/h5-7,11-12,14-15,31H,8-10,13H2,1-4H3,(H,30,37)(H2,29,32,33)/t15-/m1/s1. The molecule has 2 aliphatic heterocycles. The molecule has 1 fully saturated rings. The van der Waals surface area contributed by atoms with Gasteiger partial charge in [0, 0.05) is 44.4 Å². The van der Waals surface area contributed by atoms with E-state index in [1.807, 2.05) is 20.8 Å². The second-order valence-electron chi connectivity index (χ2n) is 10.5. The summed E-state index contributed by atoms with van der Waals surface area (Å²) in [6, 6.07) is 4.20. The molecule has 2 aliphatic rings. The van der Waals surface area contributed by atoms with E-state index < -0.39 is 17.5 Å². The number of nitrogen functional groups attached to an aromatic ring is 1. The number of carbonyl (C=O) groups excluding carboxylic acids is 2. The number of hydrogen-bond donors (Lipinski definition) is 3. The summed E-state index contributed by atoms with van der Waals surface area (Å²) in [7, 11) is 1.53. The molecule has 2 aromatic heterocycles. The lowest BCUT2D eigenvalue weighted by atomic mass is 10.1. The van der Waals surface area contributed by atoms with Crippen LogP contribution in [0.2, 0.25) is 0 Å². The fraction of sp³-hybridized carbons (Fsp3) is 0.370. The van der Waals surface area contributed by atoms with E-state index in [1.165, 1.54) is 19.4 Å². The lowest BCUT2D eigenvalue weighted by Gasteiger charge is -2.24. The highest BCUT2D eigenvalue weighted by molar-refractivity contribution is 5.98. The number of nitrogens with zero attached hydrogens (tertiary/aromatic N) is 5. The number of hydrogen-bond acceptors (Lipinski definition) is 9.